The van der Waals surface area contributed by atoms with Crippen molar-refractivity contribution in [2.24, 2.45) is 5.73 Å². The second-order valence-corrected chi connectivity index (χ2v) is 4.83. The summed E-state index contributed by atoms with van der Waals surface area (Å²) < 4.78 is 5.46. The van der Waals surface area contributed by atoms with Crippen molar-refractivity contribution in [1.29, 1.82) is 0 Å². The van der Waals surface area contributed by atoms with Gasteiger partial charge in [-0.2, -0.15) is 0 Å². The van der Waals surface area contributed by atoms with E-state index in [-0.39, 0.29) is 6.04 Å². The van der Waals surface area contributed by atoms with Crippen LogP contribution in [-0.4, -0.2) is 0 Å². The molecule has 1 unspecified atom stereocenters. The Hall–Kier alpha value is -0.770. The van der Waals surface area contributed by atoms with Crippen LogP contribution in [0.15, 0.2) is 21.9 Å². The molecule has 0 aromatic carbocycles. The van der Waals surface area contributed by atoms with Gasteiger partial charge in [-0.3, -0.25) is 0 Å². The molecule has 0 radical (unpaired) electrons. The van der Waals surface area contributed by atoms with Gasteiger partial charge in [0.05, 0.1) is 11.1 Å². The highest BCUT2D eigenvalue weighted by Gasteiger charge is 2.18. The lowest BCUT2D eigenvalue weighted by atomic mass is 10.1. The minimum Gasteiger partial charge on any atom is -0.466 e. The molecule has 0 aliphatic heterocycles. The van der Waals surface area contributed by atoms with Crippen molar-refractivity contribution < 1.29 is 4.42 Å². The molecule has 0 bridgehead atoms. The van der Waals surface area contributed by atoms with Crippen molar-refractivity contribution in [3.8, 4) is 0 Å². The number of hydrogen-bond acceptors (Lipinski definition) is 3. The summed E-state index contributed by atoms with van der Waals surface area (Å²) in [5.41, 5.74) is 7.15. The van der Waals surface area contributed by atoms with Crippen molar-refractivity contribution in [2.75, 3.05) is 0 Å². The van der Waals surface area contributed by atoms with E-state index in [1.807, 2.05) is 31.4 Å². The maximum atomic E-state index is 6.14. The molecule has 0 aliphatic carbocycles. The third kappa shape index (κ3) is 1.95. The van der Waals surface area contributed by atoms with Gasteiger partial charge in [0.1, 0.15) is 11.5 Å². The number of rotatable bonds is 2. The van der Waals surface area contributed by atoms with Gasteiger partial charge >= 0.3 is 0 Å². The lowest BCUT2D eigenvalue weighted by molar-refractivity contribution is 0.500. The maximum absolute atomic E-state index is 6.14. The van der Waals surface area contributed by atoms with Crippen LogP contribution in [0.1, 0.15) is 28.0 Å². The zero-order valence-corrected chi connectivity index (χ0v) is 10.2. The minimum atomic E-state index is -0.185. The fraction of sp³-hybridized carbons (Fsp3) is 0.273. The van der Waals surface area contributed by atoms with Crippen LogP contribution in [0, 0.1) is 13.8 Å². The van der Waals surface area contributed by atoms with Crippen molar-refractivity contribution in [1.82, 2.24) is 0 Å². The summed E-state index contributed by atoms with van der Waals surface area (Å²) in [7, 11) is 0. The molecule has 15 heavy (non-hydrogen) atoms. The van der Waals surface area contributed by atoms with Gasteiger partial charge in [-0.05, 0) is 31.4 Å². The quantitative estimate of drug-likeness (QED) is 0.872. The van der Waals surface area contributed by atoms with Crippen molar-refractivity contribution in [3.05, 3.63) is 44.5 Å². The Morgan fingerprint density at radius 1 is 1.47 bits per heavy atom. The molecule has 2 rings (SSSR count). The standard InChI is InChI=1S/C11H12ClNOS/c1-6-5-8(7(2)14-6)10(13)11-9(12)3-4-15-11/h3-5,10H,13H2,1-2H3. The Labute approximate surface area is 97.7 Å². The SMILES string of the molecule is Cc1cc(C(N)c2sccc2Cl)c(C)o1. The summed E-state index contributed by atoms with van der Waals surface area (Å²) in [6, 6.07) is 3.65. The summed E-state index contributed by atoms with van der Waals surface area (Å²) in [6.45, 7) is 3.84. The predicted molar refractivity (Wildman–Crippen MR) is 63.5 cm³/mol. The van der Waals surface area contributed by atoms with Gasteiger partial charge in [-0.1, -0.05) is 11.6 Å². The van der Waals surface area contributed by atoms with Crippen LogP contribution in [0.25, 0.3) is 0 Å². The third-order valence-corrected chi connectivity index (χ3v) is 3.78. The summed E-state index contributed by atoms with van der Waals surface area (Å²) in [5.74, 6) is 1.75. The summed E-state index contributed by atoms with van der Waals surface area (Å²) >= 11 is 7.62. The number of hydrogen-bond donors (Lipinski definition) is 1. The molecule has 0 aliphatic rings. The monoisotopic (exact) mass is 241 g/mol. The average Bonchev–Trinajstić information content (AvgIpc) is 2.71. The van der Waals surface area contributed by atoms with Crippen molar-refractivity contribution in [2.45, 2.75) is 19.9 Å². The normalized spacial score (nSPS) is 13.1. The van der Waals surface area contributed by atoms with E-state index >= 15 is 0 Å². The number of aryl methyl sites for hydroxylation is 2. The van der Waals surface area contributed by atoms with E-state index in [9.17, 15) is 0 Å². The lowest BCUT2D eigenvalue weighted by Crippen LogP contribution is -2.10. The average molecular weight is 242 g/mol. The third-order valence-electron chi connectivity index (χ3n) is 2.34. The summed E-state index contributed by atoms with van der Waals surface area (Å²) in [4.78, 5) is 0.987. The van der Waals surface area contributed by atoms with E-state index in [2.05, 4.69) is 0 Å². The number of nitrogens with two attached hydrogens (primary N) is 1. The maximum Gasteiger partial charge on any atom is 0.106 e. The Balaban J connectivity index is 2.40. The first kappa shape index (κ1) is 10.7. The van der Waals surface area contributed by atoms with E-state index in [0.717, 1.165) is 27.0 Å². The van der Waals surface area contributed by atoms with E-state index in [1.54, 1.807) is 11.3 Å². The summed E-state index contributed by atoms with van der Waals surface area (Å²) in [5, 5.41) is 2.67. The zero-order valence-electron chi connectivity index (χ0n) is 8.58. The van der Waals surface area contributed by atoms with Gasteiger partial charge in [0.15, 0.2) is 0 Å². The van der Waals surface area contributed by atoms with E-state index in [0.29, 0.717) is 0 Å². The fourth-order valence-corrected chi connectivity index (χ4v) is 2.82. The smallest absolute Gasteiger partial charge is 0.106 e. The molecule has 2 aromatic heterocycles. The van der Waals surface area contributed by atoms with Crippen molar-refractivity contribution >= 4 is 22.9 Å². The summed E-state index contributed by atoms with van der Waals surface area (Å²) in [6.07, 6.45) is 0. The predicted octanol–water partition coefficient (Wildman–Crippen LogP) is 3.66. The highest BCUT2D eigenvalue weighted by molar-refractivity contribution is 7.10. The van der Waals surface area contributed by atoms with Gasteiger partial charge in [-0.25, -0.2) is 0 Å². The molecule has 0 fully saturated rings. The molecule has 0 spiro atoms. The fourth-order valence-electron chi connectivity index (χ4n) is 1.63. The van der Waals surface area contributed by atoms with Gasteiger partial charge in [0.2, 0.25) is 0 Å². The Morgan fingerprint density at radius 2 is 2.20 bits per heavy atom. The van der Waals surface area contributed by atoms with Crippen molar-refractivity contribution in [3.63, 3.8) is 0 Å². The molecule has 0 saturated heterocycles. The minimum absolute atomic E-state index is 0.185. The van der Waals surface area contributed by atoms with E-state index < -0.39 is 0 Å². The second-order valence-electron chi connectivity index (χ2n) is 3.48. The Kier molecular flexibility index (Phi) is 2.87. The molecular formula is C11H12ClNOS. The number of halogens is 1. The van der Waals surface area contributed by atoms with Gasteiger partial charge in [0, 0.05) is 10.4 Å². The largest absolute Gasteiger partial charge is 0.466 e. The highest BCUT2D eigenvalue weighted by atomic mass is 35.5. The molecule has 1 atom stereocenters. The van der Waals surface area contributed by atoms with Crippen LogP contribution < -0.4 is 5.73 Å². The van der Waals surface area contributed by atoms with E-state index in [1.165, 1.54) is 0 Å². The number of furan rings is 1. The van der Waals surface area contributed by atoms with Crippen LogP contribution in [-0.2, 0) is 0 Å². The Bertz CT molecular complexity index is 475. The molecule has 0 amide bonds. The molecule has 2 nitrogen and oxygen atoms in total. The van der Waals surface area contributed by atoms with Gasteiger partial charge < -0.3 is 10.2 Å². The molecular weight excluding hydrogens is 230 g/mol. The molecule has 4 heteroatoms. The lowest BCUT2D eigenvalue weighted by Gasteiger charge is -2.08. The van der Waals surface area contributed by atoms with Crippen LogP contribution in [0.4, 0.5) is 0 Å². The molecule has 2 N–H and O–H groups in total. The van der Waals surface area contributed by atoms with Crippen LogP contribution in [0.3, 0.4) is 0 Å². The number of thiophene rings is 1. The zero-order chi connectivity index (χ0) is 11.0. The van der Waals surface area contributed by atoms with E-state index in [4.69, 9.17) is 21.8 Å². The molecule has 2 heterocycles. The molecule has 2 aromatic rings. The van der Waals surface area contributed by atoms with Crippen LogP contribution in [0.5, 0.6) is 0 Å². The molecule has 0 saturated carbocycles. The van der Waals surface area contributed by atoms with Crippen LogP contribution >= 0.6 is 22.9 Å². The van der Waals surface area contributed by atoms with Gasteiger partial charge in [-0.15, -0.1) is 11.3 Å². The topological polar surface area (TPSA) is 39.2 Å². The first-order valence-corrected chi connectivity index (χ1v) is 5.90. The Morgan fingerprint density at radius 3 is 2.67 bits per heavy atom. The van der Waals surface area contributed by atoms with Gasteiger partial charge in [0.25, 0.3) is 0 Å². The van der Waals surface area contributed by atoms with Crippen LogP contribution in [0.2, 0.25) is 5.02 Å². The highest BCUT2D eigenvalue weighted by Crippen LogP contribution is 2.33. The second kappa shape index (κ2) is 4.00. The first-order chi connectivity index (χ1) is 7.09. The molecule has 80 valence electrons. The first-order valence-electron chi connectivity index (χ1n) is 4.65.